The summed E-state index contributed by atoms with van der Waals surface area (Å²) in [5, 5.41) is 1.13. The molecule has 1 N–H and O–H groups in total. The number of aldehydes is 1. The second-order valence-electron chi connectivity index (χ2n) is 2.79. The van der Waals surface area contributed by atoms with Crippen LogP contribution >= 0.6 is 11.6 Å². The van der Waals surface area contributed by atoms with Crippen molar-refractivity contribution in [3.8, 4) is 0 Å². The van der Waals surface area contributed by atoms with Gasteiger partial charge in [0.05, 0.1) is 5.03 Å². The molecule has 0 aliphatic carbocycles. The van der Waals surface area contributed by atoms with E-state index < -0.39 is 0 Å². The van der Waals surface area contributed by atoms with E-state index in [0.29, 0.717) is 6.29 Å². The molecule has 0 spiro atoms. The number of halogens is 1. The predicted molar refractivity (Wildman–Crippen MR) is 56.0 cm³/mol. The van der Waals surface area contributed by atoms with E-state index in [9.17, 15) is 4.79 Å². The SMILES string of the molecule is O=CC(Cl)=Cc1c[nH]c2ncccc12. The number of rotatable bonds is 2. The van der Waals surface area contributed by atoms with E-state index in [1.165, 1.54) is 0 Å². The average molecular weight is 207 g/mol. The van der Waals surface area contributed by atoms with Crippen molar-refractivity contribution in [2.24, 2.45) is 0 Å². The summed E-state index contributed by atoms with van der Waals surface area (Å²) in [6.45, 7) is 0. The Hall–Kier alpha value is -1.61. The lowest BCUT2D eigenvalue weighted by molar-refractivity contribution is -0.104. The molecular formula is C10H7ClN2O. The molecule has 0 aliphatic rings. The van der Waals surface area contributed by atoms with Crippen LogP contribution in [0.25, 0.3) is 17.1 Å². The van der Waals surface area contributed by atoms with Gasteiger partial charge in [0, 0.05) is 23.3 Å². The molecule has 0 amide bonds. The van der Waals surface area contributed by atoms with Gasteiger partial charge in [-0.1, -0.05) is 11.6 Å². The molecule has 3 nitrogen and oxygen atoms in total. The van der Waals surface area contributed by atoms with Crippen LogP contribution in [0.15, 0.2) is 29.6 Å². The number of H-pyrrole nitrogens is 1. The van der Waals surface area contributed by atoms with Gasteiger partial charge in [0.15, 0.2) is 6.29 Å². The smallest absolute Gasteiger partial charge is 0.161 e. The second kappa shape index (κ2) is 3.64. The average Bonchev–Trinajstić information content (AvgIpc) is 2.62. The van der Waals surface area contributed by atoms with Crippen molar-refractivity contribution in [1.29, 1.82) is 0 Å². The topological polar surface area (TPSA) is 45.8 Å². The summed E-state index contributed by atoms with van der Waals surface area (Å²) in [5.74, 6) is 0. The highest BCUT2D eigenvalue weighted by molar-refractivity contribution is 6.40. The molecule has 0 aliphatic heterocycles. The van der Waals surface area contributed by atoms with E-state index in [1.54, 1.807) is 18.5 Å². The summed E-state index contributed by atoms with van der Waals surface area (Å²) < 4.78 is 0. The number of pyridine rings is 1. The van der Waals surface area contributed by atoms with Crippen LogP contribution in [-0.2, 0) is 4.79 Å². The first-order chi connectivity index (χ1) is 6.81. The van der Waals surface area contributed by atoms with Gasteiger partial charge >= 0.3 is 0 Å². The first-order valence-electron chi connectivity index (χ1n) is 4.06. The minimum absolute atomic E-state index is 0.176. The van der Waals surface area contributed by atoms with E-state index in [0.717, 1.165) is 16.6 Å². The third-order valence-electron chi connectivity index (χ3n) is 1.89. The van der Waals surface area contributed by atoms with Crippen molar-refractivity contribution in [3.63, 3.8) is 0 Å². The molecule has 2 rings (SSSR count). The Balaban J connectivity index is 2.59. The molecule has 0 bridgehead atoms. The van der Waals surface area contributed by atoms with E-state index in [-0.39, 0.29) is 5.03 Å². The van der Waals surface area contributed by atoms with Crippen molar-refractivity contribution < 1.29 is 4.79 Å². The lowest BCUT2D eigenvalue weighted by Gasteiger charge is -1.89. The number of carbonyl (C=O) groups is 1. The monoisotopic (exact) mass is 206 g/mol. The maximum Gasteiger partial charge on any atom is 0.161 e. The van der Waals surface area contributed by atoms with Gasteiger partial charge < -0.3 is 4.98 Å². The maximum absolute atomic E-state index is 10.3. The van der Waals surface area contributed by atoms with E-state index >= 15 is 0 Å². The zero-order valence-electron chi connectivity index (χ0n) is 7.20. The van der Waals surface area contributed by atoms with Crippen LogP contribution in [0, 0.1) is 0 Å². The van der Waals surface area contributed by atoms with Gasteiger partial charge in [0.1, 0.15) is 5.65 Å². The zero-order valence-corrected chi connectivity index (χ0v) is 7.95. The van der Waals surface area contributed by atoms with Crippen molar-refractivity contribution in [2.45, 2.75) is 0 Å². The third-order valence-corrected chi connectivity index (χ3v) is 2.09. The Labute approximate surface area is 85.4 Å². The third kappa shape index (κ3) is 1.54. The summed E-state index contributed by atoms with van der Waals surface area (Å²) >= 11 is 5.62. The number of hydrogen-bond donors (Lipinski definition) is 1. The number of nitrogens with zero attached hydrogens (tertiary/aromatic N) is 1. The number of nitrogens with one attached hydrogen (secondary N) is 1. The first-order valence-corrected chi connectivity index (χ1v) is 4.43. The van der Waals surface area contributed by atoms with Crippen molar-refractivity contribution >= 4 is 35.0 Å². The molecule has 2 aromatic rings. The van der Waals surface area contributed by atoms with Crippen LogP contribution in [-0.4, -0.2) is 16.3 Å². The molecule has 70 valence electrons. The van der Waals surface area contributed by atoms with Crippen LogP contribution in [0.5, 0.6) is 0 Å². The van der Waals surface area contributed by atoms with Gasteiger partial charge in [0.25, 0.3) is 0 Å². The number of carbonyl (C=O) groups excluding carboxylic acids is 1. The molecule has 0 saturated heterocycles. The van der Waals surface area contributed by atoms with Crippen LogP contribution < -0.4 is 0 Å². The molecule has 2 aromatic heterocycles. The standard InChI is InChI=1S/C10H7ClN2O/c11-8(6-14)4-7-5-13-10-9(7)2-1-3-12-10/h1-6H,(H,12,13). The highest BCUT2D eigenvalue weighted by Gasteiger charge is 2.01. The van der Waals surface area contributed by atoms with Crippen molar-refractivity contribution in [2.75, 3.05) is 0 Å². The molecular weight excluding hydrogens is 200 g/mol. The van der Waals surface area contributed by atoms with E-state index in [1.807, 2.05) is 12.1 Å². The van der Waals surface area contributed by atoms with Gasteiger partial charge in [-0.3, -0.25) is 4.79 Å². The minimum Gasteiger partial charge on any atom is -0.346 e. The molecule has 0 aromatic carbocycles. The van der Waals surface area contributed by atoms with E-state index in [4.69, 9.17) is 11.6 Å². The Morgan fingerprint density at radius 1 is 1.57 bits per heavy atom. The van der Waals surface area contributed by atoms with Gasteiger partial charge in [-0.2, -0.15) is 0 Å². The normalized spacial score (nSPS) is 11.9. The number of fused-ring (bicyclic) bond motifs is 1. The Bertz CT molecular complexity index is 502. The summed E-state index contributed by atoms with van der Waals surface area (Å²) in [6, 6.07) is 3.75. The Kier molecular flexibility index (Phi) is 2.33. The largest absolute Gasteiger partial charge is 0.346 e. The molecule has 2 heterocycles. The van der Waals surface area contributed by atoms with E-state index in [2.05, 4.69) is 9.97 Å². The lowest BCUT2D eigenvalue weighted by Crippen LogP contribution is -1.75. The van der Waals surface area contributed by atoms with Gasteiger partial charge in [-0.15, -0.1) is 0 Å². The molecule has 4 heteroatoms. The number of aromatic amines is 1. The number of aromatic nitrogens is 2. The second-order valence-corrected chi connectivity index (χ2v) is 3.23. The van der Waals surface area contributed by atoms with Gasteiger partial charge in [0.2, 0.25) is 0 Å². The maximum atomic E-state index is 10.3. The molecule has 0 saturated carbocycles. The highest BCUT2D eigenvalue weighted by atomic mass is 35.5. The zero-order chi connectivity index (χ0) is 9.97. The fourth-order valence-electron chi connectivity index (χ4n) is 1.28. The van der Waals surface area contributed by atoms with Crippen molar-refractivity contribution in [1.82, 2.24) is 9.97 Å². The molecule has 0 atom stereocenters. The lowest BCUT2D eigenvalue weighted by atomic mass is 10.2. The Morgan fingerprint density at radius 3 is 3.21 bits per heavy atom. The van der Waals surface area contributed by atoms with Crippen molar-refractivity contribution in [3.05, 3.63) is 35.1 Å². The summed E-state index contributed by atoms with van der Waals surface area (Å²) in [4.78, 5) is 17.4. The molecule has 14 heavy (non-hydrogen) atoms. The molecule has 0 unspecified atom stereocenters. The van der Waals surface area contributed by atoms with Crippen LogP contribution in [0.1, 0.15) is 5.56 Å². The Morgan fingerprint density at radius 2 is 2.43 bits per heavy atom. The first kappa shape index (κ1) is 8.97. The fourth-order valence-corrected chi connectivity index (χ4v) is 1.40. The number of allylic oxidation sites excluding steroid dienone is 1. The fraction of sp³-hybridized carbons (Fsp3) is 0. The predicted octanol–water partition coefficient (Wildman–Crippen LogP) is 2.34. The van der Waals surface area contributed by atoms with Crippen LogP contribution in [0.4, 0.5) is 0 Å². The summed E-state index contributed by atoms with van der Waals surface area (Å²) in [5.41, 5.74) is 1.65. The van der Waals surface area contributed by atoms with Gasteiger partial charge in [-0.05, 0) is 18.2 Å². The van der Waals surface area contributed by atoms with Gasteiger partial charge in [-0.25, -0.2) is 4.98 Å². The molecule has 0 radical (unpaired) electrons. The molecule has 0 fully saturated rings. The van der Waals surface area contributed by atoms with Crippen LogP contribution in [0.2, 0.25) is 0 Å². The summed E-state index contributed by atoms with van der Waals surface area (Å²) in [6.07, 6.45) is 5.68. The highest BCUT2D eigenvalue weighted by Crippen LogP contribution is 2.18. The number of hydrogen-bond acceptors (Lipinski definition) is 2. The summed E-state index contributed by atoms with van der Waals surface area (Å²) in [7, 11) is 0. The van der Waals surface area contributed by atoms with Crippen LogP contribution in [0.3, 0.4) is 0 Å². The minimum atomic E-state index is 0.176. The quantitative estimate of drug-likeness (QED) is 0.606.